The summed E-state index contributed by atoms with van der Waals surface area (Å²) in [6, 6.07) is 8.07. The zero-order valence-electron chi connectivity index (χ0n) is 5.45. The first-order chi connectivity index (χ1) is 4.97. The number of nitrogens with zero attached hydrogens (tertiary/aromatic N) is 1. The molecule has 0 saturated carbocycles. The predicted octanol–water partition coefficient (Wildman–Crippen LogP) is 0.887. The highest BCUT2D eigenvalue weighted by Crippen LogP contribution is 2.08. The predicted molar refractivity (Wildman–Crippen MR) is 38.5 cm³/mol. The van der Waals surface area contributed by atoms with Gasteiger partial charge in [0.1, 0.15) is 0 Å². The monoisotopic (exact) mass is 133 g/mol. The van der Waals surface area contributed by atoms with Crippen molar-refractivity contribution in [1.82, 2.24) is 5.16 Å². The average molecular weight is 133 g/mol. The maximum Gasteiger partial charge on any atom is 0.309 e. The van der Waals surface area contributed by atoms with Crippen molar-refractivity contribution in [2.45, 2.75) is 6.61 Å². The fraction of sp³-hybridized carbons (Fsp3) is 0.125. The van der Waals surface area contributed by atoms with E-state index in [2.05, 4.69) is 5.16 Å². The van der Waals surface area contributed by atoms with E-state index in [1.807, 2.05) is 24.3 Å². The van der Waals surface area contributed by atoms with E-state index < -0.39 is 0 Å². The lowest BCUT2D eigenvalue weighted by Gasteiger charge is -1.98. The summed E-state index contributed by atoms with van der Waals surface area (Å²) in [5, 5.41) is 3.69. The maximum atomic E-state index is 4.87. The molecule has 0 bridgehead atoms. The van der Waals surface area contributed by atoms with Crippen molar-refractivity contribution in [2.75, 3.05) is 0 Å². The molecule has 1 radical (unpaired) electrons. The van der Waals surface area contributed by atoms with Crippen molar-refractivity contribution < 1.29 is 4.84 Å². The van der Waals surface area contributed by atoms with Crippen LogP contribution >= 0.6 is 0 Å². The Balaban J connectivity index is 2.54. The molecule has 1 heterocycles. The standard InChI is InChI=1S/C8H7NO/c1-2-4-8-6-10-9-5-7(8)3-1/h1-5H,6H2/q+1. The van der Waals surface area contributed by atoms with E-state index in [0.717, 1.165) is 5.56 Å². The number of oxime groups is 1. The van der Waals surface area contributed by atoms with Gasteiger partial charge in [-0.25, -0.2) is 4.84 Å². The van der Waals surface area contributed by atoms with Gasteiger partial charge in [0.25, 0.3) is 5.16 Å². The number of rotatable bonds is 0. The molecule has 0 atom stereocenters. The summed E-state index contributed by atoms with van der Waals surface area (Å²) in [6.07, 6.45) is 1.73. The third-order valence-corrected chi connectivity index (χ3v) is 1.54. The first kappa shape index (κ1) is 5.47. The van der Waals surface area contributed by atoms with E-state index in [4.69, 9.17) is 4.84 Å². The molecular weight excluding hydrogens is 126 g/mol. The van der Waals surface area contributed by atoms with Crippen LogP contribution in [0.15, 0.2) is 24.3 Å². The summed E-state index contributed by atoms with van der Waals surface area (Å²) in [5.74, 6) is 0. The normalized spacial score (nSPS) is 14.0. The minimum absolute atomic E-state index is 0.604. The van der Waals surface area contributed by atoms with Gasteiger partial charge in [-0.3, -0.25) is 0 Å². The average Bonchev–Trinajstić information content (AvgIpc) is 2.05. The first-order valence-corrected chi connectivity index (χ1v) is 3.20. The van der Waals surface area contributed by atoms with Crippen LogP contribution in [-0.4, -0.2) is 6.21 Å². The van der Waals surface area contributed by atoms with Crippen LogP contribution in [0.25, 0.3) is 0 Å². The van der Waals surface area contributed by atoms with E-state index in [0.29, 0.717) is 6.61 Å². The Hall–Kier alpha value is -1.31. The van der Waals surface area contributed by atoms with Gasteiger partial charge in [-0.15, -0.1) is 0 Å². The van der Waals surface area contributed by atoms with Crippen molar-refractivity contribution in [3.05, 3.63) is 35.4 Å². The molecule has 2 nitrogen and oxygen atoms in total. The van der Waals surface area contributed by atoms with Gasteiger partial charge in [0, 0.05) is 5.56 Å². The van der Waals surface area contributed by atoms with Crippen molar-refractivity contribution in [1.29, 1.82) is 0 Å². The molecule has 1 aliphatic rings. The third kappa shape index (κ3) is 0.778. The molecule has 0 N–H and O–H groups in total. The SMILES string of the molecule is C1=[N+]OCc2ccccc21. The molecule has 10 heavy (non-hydrogen) atoms. The van der Waals surface area contributed by atoms with Crippen LogP contribution < -0.4 is 5.16 Å². The van der Waals surface area contributed by atoms with Gasteiger partial charge in [-0.05, 0) is 6.07 Å². The van der Waals surface area contributed by atoms with Gasteiger partial charge in [0.2, 0.25) is 0 Å². The molecule has 0 aliphatic carbocycles. The topological polar surface area (TPSA) is 23.3 Å². The molecule has 2 heteroatoms. The Bertz CT molecular complexity index is 268. The van der Waals surface area contributed by atoms with Crippen molar-refractivity contribution >= 4 is 6.21 Å². The molecule has 0 amide bonds. The van der Waals surface area contributed by atoms with Gasteiger partial charge in [-0.2, -0.15) is 0 Å². The summed E-state index contributed by atoms with van der Waals surface area (Å²) in [7, 11) is 0. The zero-order chi connectivity index (χ0) is 6.81. The smallest absolute Gasteiger partial charge is 0.208 e. The van der Waals surface area contributed by atoms with Gasteiger partial charge in [-0.1, -0.05) is 18.2 Å². The molecular formula is C8H7NO+. The molecule has 0 unspecified atom stereocenters. The lowest BCUT2D eigenvalue weighted by Crippen LogP contribution is -2.07. The summed E-state index contributed by atoms with van der Waals surface area (Å²) >= 11 is 0. The second-order valence-corrected chi connectivity index (χ2v) is 2.21. The molecule has 1 aromatic rings. The second kappa shape index (κ2) is 2.14. The summed E-state index contributed by atoms with van der Waals surface area (Å²) in [6.45, 7) is 0.604. The van der Waals surface area contributed by atoms with Crippen LogP contribution in [0, 0.1) is 0 Å². The van der Waals surface area contributed by atoms with E-state index in [1.54, 1.807) is 6.21 Å². The molecule has 2 rings (SSSR count). The molecule has 0 fully saturated rings. The van der Waals surface area contributed by atoms with Crippen LogP contribution in [0.1, 0.15) is 11.1 Å². The van der Waals surface area contributed by atoms with E-state index in [9.17, 15) is 0 Å². The lowest BCUT2D eigenvalue weighted by molar-refractivity contribution is 0.0818. The Kier molecular flexibility index (Phi) is 1.17. The Morgan fingerprint density at radius 3 is 3.10 bits per heavy atom. The van der Waals surface area contributed by atoms with Crippen LogP contribution in [0.2, 0.25) is 0 Å². The minimum Gasteiger partial charge on any atom is -0.208 e. The van der Waals surface area contributed by atoms with Gasteiger partial charge < -0.3 is 0 Å². The van der Waals surface area contributed by atoms with E-state index in [1.165, 1.54) is 5.56 Å². The first-order valence-electron chi connectivity index (χ1n) is 3.20. The zero-order valence-corrected chi connectivity index (χ0v) is 5.45. The second-order valence-electron chi connectivity index (χ2n) is 2.21. The Labute approximate surface area is 59.1 Å². The lowest BCUT2D eigenvalue weighted by atomic mass is 10.1. The van der Waals surface area contributed by atoms with Crippen LogP contribution in [-0.2, 0) is 11.4 Å². The van der Waals surface area contributed by atoms with Crippen molar-refractivity contribution in [2.24, 2.45) is 0 Å². The quantitative estimate of drug-likeness (QED) is 0.515. The molecule has 49 valence electrons. The minimum atomic E-state index is 0.604. The van der Waals surface area contributed by atoms with Crippen molar-refractivity contribution in [3.63, 3.8) is 0 Å². The highest BCUT2D eigenvalue weighted by molar-refractivity contribution is 5.80. The highest BCUT2D eigenvalue weighted by atomic mass is 16.6. The molecule has 0 aromatic heterocycles. The van der Waals surface area contributed by atoms with E-state index in [-0.39, 0.29) is 0 Å². The molecule has 0 saturated heterocycles. The summed E-state index contributed by atoms with van der Waals surface area (Å²) < 4.78 is 0. The largest absolute Gasteiger partial charge is 0.309 e. The number of benzene rings is 1. The maximum absolute atomic E-state index is 4.87. The van der Waals surface area contributed by atoms with Gasteiger partial charge in [0.15, 0.2) is 6.61 Å². The number of hydrogen-bond donors (Lipinski definition) is 0. The highest BCUT2D eigenvalue weighted by Gasteiger charge is 2.11. The summed E-state index contributed by atoms with van der Waals surface area (Å²) in [4.78, 5) is 4.87. The Morgan fingerprint density at radius 1 is 1.30 bits per heavy atom. The molecule has 1 aromatic carbocycles. The Morgan fingerprint density at radius 2 is 2.20 bits per heavy atom. The summed E-state index contributed by atoms with van der Waals surface area (Å²) in [5.41, 5.74) is 2.37. The van der Waals surface area contributed by atoms with E-state index >= 15 is 0 Å². The third-order valence-electron chi connectivity index (χ3n) is 1.54. The van der Waals surface area contributed by atoms with Crippen LogP contribution in [0.5, 0.6) is 0 Å². The molecule has 1 aliphatic heterocycles. The number of fused-ring (bicyclic) bond motifs is 1. The number of hydrogen-bond acceptors (Lipinski definition) is 2. The molecule has 0 spiro atoms. The fourth-order valence-electron chi connectivity index (χ4n) is 0.992. The van der Waals surface area contributed by atoms with Crippen LogP contribution in [0.3, 0.4) is 0 Å². The van der Waals surface area contributed by atoms with Gasteiger partial charge >= 0.3 is 6.21 Å². The van der Waals surface area contributed by atoms with Crippen molar-refractivity contribution in [3.8, 4) is 0 Å². The van der Waals surface area contributed by atoms with Crippen LogP contribution in [0.4, 0.5) is 0 Å². The fourth-order valence-corrected chi connectivity index (χ4v) is 0.992. The van der Waals surface area contributed by atoms with Gasteiger partial charge in [0.05, 0.1) is 5.56 Å².